The Morgan fingerprint density at radius 2 is 1.97 bits per heavy atom. The van der Waals surface area contributed by atoms with Crippen molar-refractivity contribution in [3.63, 3.8) is 0 Å². The molecule has 2 unspecified atom stereocenters. The average Bonchev–Trinajstić information content (AvgIpc) is 3.10. The third-order valence-electron chi connectivity index (χ3n) is 5.75. The predicted octanol–water partition coefficient (Wildman–Crippen LogP) is 3.47. The average molecular weight is 445 g/mol. The summed E-state index contributed by atoms with van der Waals surface area (Å²) in [6.45, 7) is 0. The molecule has 2 N–H and O–H groups in total. The van der Waals surface area contributed by atoms with Gasteiger partial charge < -0.3 is 19.2 Å². The minimum absolute atomic E-state index is 0. The molecule has 158 valence electrons. The number of nitrogens with one attached hydrogen (secondary N) is 1. The number of anilines is 1. The van der Waals surface area contributed by atoms with E-state index in [9.17, 15) is 9.59 Å². The predicted molar refractivity (Wildman–Crippen MR) is 110 cm³/mol. The number of benzene rings is 1. The number of halogens is 2. The summed E-state index contributed by atoms with van der Waals surface area (Å²) >= 11 is 6.17. The Bertz CT molecular complexity index is 962. The lowest BCUT2D eigenvalue weighted by molar-refractivity contribution is 0.128. The summed E-state index contributed by atoms with van der Waals surface area (Å²) < 4.78 is 12.1. The smallest absolute Gasteiger partial charge is 0.437 e. The highest BCUT2D eigenvalue weighted by Crippen LogP contribution is 2.40. The molecule has 1 amide bonds. The second-order valence-electron chi connectivity index (χ2n) is 7.26. The minimum Gasteiger partial charge on any atom is -0.496 e. The molecule has 0 saturated carbocycles. The Labute approximate surface area is 178 Å². The van der Waals surface area contributed by atoms with Crippen LogP contribution < -0.4 is 15.8 Å². The van der Waals surface area contributed by atoms with Crippen LogP contribution in [0.15, 0.2) is 21.3 Å². The molecule has 2 aliphatic heterocycles. The monoisotopic (exact) mass is 444 g/mol. The quantitative estimate of drug-likeness (QED) is 0.742. The van der Waals surface area contributed by atoms with E-state index in [4.69, 9.17) is 25.9 Å². The maximum atomic E-state index is 12.5. The van der Waals surface area contributed by atoms with E-state index in [2.05, 4.69) is 22.4 Å². The first-order chi connectivity index (χ1) is 13.4. The van der Waals surface area contributed by atoms with Gasteiger partial charge in [0, 0.05) is 18.2 Å². The van der Waals surface area contributed by atoms with Crippen LogP contribution in [0.5, 0.6) is 5.75 Å². The van der Waals surface area contributed by atoms with E-state index in [0.717, 1.165) is 25.7 Å². The number of aromatic nitrogens is 2. The maximum Gasteiger partial charge on any atom is 0.437 e. The van der Waals surface area contributed by atoms with Crippen molar-refractivity contribution in [2.75, 3.05) is 19.5 Å². The van der Waals surface area contributed by atoms with E-state index in [0.29, 0.717) is 23.4 Å². The molecule has 2 bridgehead atoms. The van der Waals surface area contributed by atoms with Crippen molar-refractivity contribution in [1.29, 1.82) is 0 Å². The number of piperidine rings is 1. The minimum atomic E-state index is -1.25. The highest BCUT2D eigenvalue weighted by Gasteiger charge is 2.40. The summed E-state index contributed by atoms with van der Waals surface area (Å²) in [6.07, 6.45) is 2.75. The van der Waals surface area contributed by atoms with E-state index >= 15 is 0 Å². The van der Waals surface area contributed by atoms with Gasteiger partial charge in [-0.25, -0.2) is 9.59 Å². The highest BCUT2D eigenvalue weighted by molar-refractivity contribution is 6.34. The van der Waals surface area contributed by atoms with Crippen LogP contribution in [-0.2, 0) is 0 Å². The largest absolute Gasteiger partial charge is 0.496 e. The van der Waals surface area contributed by atoms with Crippen LogP contribution in [-0.4, -0.2) is 52.1 Å². The van der Waals surface area contributed by atoms with Gasteiger partial charge >= 0.3 is 11.8 Å². The fourth-order valence-corrected chi connectivity index (χ4v) is 4.52. The van der Waals surface area contributed by atoms with Crippen LogP contribution in [0, 0.1) is 0 Å². The number of fused-ring (bicyclic) bond motifs is 2. The second-order valence-corrected chi connectivity index (χ2v) is 7.66. The van der Waals surface area contributed by atoms with Crippen LogP contribution in [0.1, 0.15) is 31.7 Å². The third-order valence-corrected chi connectivity index (χ3v) is 6.06. The van der Waals surface area contributed by atoms with Crippen LogP contribution in [0.4, 0.5) is 10.5 Å². The zero-order chi connectivity index (χ0) is 20.0. The number of ether oxygens (including phenoxy) is 1. The van der Waals surface area contributed by atoms with E-state index in [1.165, 1.54) is 23.9 Å². The zero-order valence-electron chi connectivity index (χ0n) is 15.9. The van der Waals surface area contributed by atoms with Crippen molar-refractivity contribution in [1.82, 2.24) is 14.7 Å². The van der Waals surface area contributed by atoms with Gasteiger partial charge in [0.2, 0.25) is 0 Å². The molecule has 2 atom stereocenters. The molecule has 2 aliphatic rings. The molecular formula is C18H22Cl2N4O5. The molecule has 2 aromatic rings. The molecular weight excluding hydrogens is 423 g/mol. The number of methoxy groups -OCH3 is 1. The van der Waals surface area contributed by atoms with Crippen LogP contribution in [0.25, 0.3) is 11.5 Å². The number of rotatable bonds is 4. The number of amides is 1. The molecule has 29 heavy (non-hydrogen) atoms. The summed E-state index contributed by atoms with van der Waals surface area (Å²) in [6, 6.07) is 3.82. The Morgan fingerprint density at radius 3 is 2.55 bits per heavy atom. The Hall–Kier alpha value is -2.23. The highest BCUT2D eigenvalue weighted by atomic mass is 35.5. The van der Waals surface area contributed by atoms with Gasteiger partial charge in [0.05, 0.1) is 29.4 Å². The van der Waals surface area contributed by atoms with Gasteiger partial charge in [-0.1, -0.05) is 11.6 Å². The summed E-state index contributed by atoms with van der Waals surface area (Å²) in [5.74, 6) is -0.128. The van der Waals surface area contributed by atoms with E-state index in [1.807, 2.05) is 0 Å². The van der Waals surface area contributed by atoms with Crippen molar-refractivity contribution >= 4 is 35.8 Å². The SMILES string of the molecule is COc1cc(NC(=O)O)c(Cl)cc1-c1nn(C2CC3CCC(C2)N3C)c(=O)o1.Cl. The normalized spacial score (nSPS) is 23.5. The molecule has 1 aromatic carbocycles. The van der Waals surface area contributed by atoms with Crippen molar-refractivity contribution in [2.45, 2.75) is 43.8 Å². The van der Waals surface area contributed by atoms with Crippen LogP contribution in [0.2, 0.25) is 5.02 Å². The van der Waals surface area contributed by atoms with Crippen molar-refractivity contribution in [3.8, 4) is 17.2 Å². The molecule has 0 spiro atoms. The lowest BCUT2D eigenvalue weighted by Gasteiger charge is -2.35. The van der Waals surface area contributed by atoms with E-state index in [1.54, 1.807) is 0 Å². The van der Waals surface area contributed by atoms with Crippen LogP contribution >= 0.6 is 24.0 Å². The first-order valence-electron chi connectivity index (χ1n) is 9.06. The lowest BCUT2D eigenvalue weighted by atomic mass is 9.98. The summed E-state index contributed by atoms with van der Waals surface area (Å²) in [7, 11) is 3.57. The molecule has 0 radical (unpaired) electrons. The number of carbonyl (C=O) groups is 1. The molecule has 2 fully saturated rings. The molecule has 9 nitrogen and oxygen atoms in total. The van der Waals surface area contributed by atoms with Crippen molar-refractivity contribution in [3.05, 3.63) is 27.7 Å². The summed E-state index contributed by atoms with van der Waals surface area (Å²) in [5, 5.41) is 15.7. The molecule has 2 saturated heterocycles. The Kier molecular flexibility index (Phi) is 6.11. The van der Waals surface area contributed by atoms with Gasteiger partial charge in [0.25, 0.3) is 5.89 Å². The van der Waals surface area contributed by atoms with Crippen molar-refractivity contribution in [2.24, 2.45) is 0 Å². The standard InChI is InChI=1S/C18H21ClN4O5.ClH/c1-22-9-3-4-10(22)6-11(5-9)23-18(26)28-16(21-23)12-7-13(19)14(20-17(24)25)8-15(12)27-2;/h7-11,20H,3-6H2,1-2H3,(H,24,25);1H. The van der Waals surface area contributed by atoms with Crippen LogP contribution in [0.3, 0.4) is 0 Å². The van der Waals surface area contributed by atoms with Gasteiger partial charge in [-0.15, -0.1) is 17.5 Å². The first-order valence-corrected chi connectivity index (χ1v) is 9.44. The Morgan fingerprint density at radius 1 is 1.31 bits per heavy atom. The molecule has 4 rings (SSSR count). The van der Waals surface area contributed by atoms with E-state index in [-0.39, 0.29) is 35.0 Å². The fourth-order valence-electron chi connectivity index (χ4n) is 4.31. The van der Waals surface area contributed by atoms with Gasteiger partial charge in [-0.05, 0) is 38.8 Å². The number of hydrogen-bond donors (Lipinski definition) is 2. The van der Waals surface area contributed by atoms with Gasteiger partial charge in [-0.3, -0.25) is 5.32 Å². The second kappa shape index (κ2) is 8.25. The number of carboxylic acid groups (broad SMARTS) is 1. The third kappa shape index (κ3) is 3.94. The van der Waals surface area contributed by atoms with E-state index < -0.39 is 11.8 Å². The fraction of sp³-hybridized carbons (Fsp3) is 0.500. The maximum absolute atomic E-state index is 12.5. The van der Waals surface area contributed by atoms with Crippen molar-refractivity contribution < 1.29 is 19.1 Å². The first kappa shape index (κ1) is 21.5. The Balaban J connectivity index is 0.00000240. The van der Waals surface area contributed by atoms with Gasteiger partial charge in [0.15, 0.2) is 0 Å². The summed E-state index contributed by atoms with van der Waals surface area (Å²) in [5.41, 5.74) is 0.554. The van der Waals surface area contributed by atoms with Gasteiger partial charge in [-0.2, -0.15) is 4.68 Å². The topological polar surface area (TPSA) is 110 Å². The number of nitrogens with zero attached hydrogens (tertiary/aromatic N) is 3. The molecule has 1 aromatic heterocycles. The zero-order valence-corrected chi connectivity index (χ0v) is 17.5. The molecule has 3 heterocycles. The molecule has 0 aliphatic carbocycles. The number of hydrogen-bond acceptors (Lipinski definition) is 6. The molecule has 11 heteroatoms. The lowest BCUT2D eigenvalue weighted by Crippen LogP contribution is -2.42. The van der Waals surface area contributed by atoms with Gasteiger partial charge in [0.1, 0.15) is 5.75 Å². The summed E-state index contributed by atoms with van der Waals surface area (Å²) in [4.78, 5) is 25.8.